The van der Waals surface area contributed by atoms with Gasteiger partial charge in [0.25, 0.3) is 0 Å². The number of thioether (sulfide) groups is 1. The van der Waals surface area contributed by atoms with Crippen LogP contribution in [0.15, 0.2) is 5.10 Å². The lowest BCUT2D eigenvalue weighted by atomic mass is 9.88. The van der Waals surface area contributed by atoms with Crippen molar-refractivity contribution in [2.45, 2.75) is 39.5 Å². The van der Waals surface area contributed by atoms with Crippen LogP contribution in [0.4, 0.5) is 0 Å². The average Bonchev–Trinajstić information content (AvgIpc) is 2.64. The molecule has 1 unspecified atom stereocenters. The standard InChI is InChI=1S/C10H19N3S.C2H6/c1-10(2)4-5-12(3)6-9-13(7-10)11-8-14-9;1-2/h8-9H,4-7H2,1-3H3;1-2H3. The number of hydrazone groups is 1. The Labute approximate surface area is 104 Å². The average molecular weight is 243 g/mol. The summed E-state index contributed by atoms with van der Waals surface area (Å²) in [6.45, 7) is 12.1. The van der Waals surface area contributed by atoms with Crippen molar-refractivity contribution < 1.29 is 0 Å². The van der Waals surface area contributed by atoms with Crippen molar-refractivity contribution in [3.63, 3.8) is 0 Å². The number of rotatable bonds is 0. The van der Waals surface area contributed by atoms with Crippen LogP contribution in [-0.2, 0) is 0 Å². The molecule has 2 rings (SSSR count). The van der Waals surface area contributed by atoms with E-state index in [0.717, 1.165) is 13.1 Å². The van der Waals surface area contributed by atoms with Crippen LogP contribution in [0, 0.1) is 5.41 Å². The van der Waals surface area contributed by atoms with E-state index in [0.29, 0.717) is 10.8 Å². The third kappa shape index (κ3) is 3.67. The highest BCUT2D eigenvalue weighted by molar-refractivity contribution is 8.12. The highest BCUT2D eigenvalue weighted by Crippen LogP contribution is 2.31. The second-order valence-corrected chi connectivity index (χ2v) is 6.11. The van der Waals surface area contributed by atoms with E-state index in [1.54, 1.807) is 0 Å². The summed E-state index contributed by atoms with van der Waals surface area (Å²) in [5, 5.41) is 7.23. The molecule has 16 heavy (non-hydrogen) atoms. The summed E-state index contributed by atoms with van der Waals surface area (Å²) in [7, 11) is 2.21. The fourth-order valence-corrected chi connectivity index (χ4v) is 2.88. The monoisotopic (exact) mass is 243 g/mol. The third-order valence-corrected chi connectivity index (χ3v) is 3.90. The predicted molar refractivity (Wildman–Crippen MR) is 73.8 cm³/mol. The molecule has 1 saturated heterocycles. The van der Waals surface area contributed by atoms with E-state index in [4.69, 9.17) is 0 Å². The van der Waals surface area contributed by atoms with Gasteiger partial charge in [-0.1, -0.05) is 39.5 Å². The SMILES string of the molecule is CC.CN1CCC(C)(C)CN2N=CSC2C1. The highest BCUT2D eigenvalue weighted by atomic mass is 32.2. The first-order valence-corrected chi connectivity index (χ1v) is 7.14. The zero-order valence-electron chi connectivity index (χ0n) is 11.2. The quantitative estimate of drug-likeness (QED) is 0.652. The first kappa shape index (κ1) is 13.8. The van der Waals surface area contributed by atoms with Gasteiger partial charge in [0.1, 0.15) is 5.37 Å². The lowest BCUT2D eigenvalue weighted by molar-refractivity contribution is 0.107. The summed E-state index contributed by atoms with van der Waals surface area (Å²) in [6, 6.07) is 0. The van der Waals surface area contributed by atoms with Gasteiger partial charge in [-0.25, -0.2) is 0 Å². The maximum atomic E-state index is 4.43. The van der Waals surface area contributed by atoms with Gasteiger partial charge in [-0.2, -0.15) is 5.10 Å². The number of hydrogen-bond donors (Lipinski definition) is 0. The lowest BCUT2D eigenvalue weighted by Gasteiger charge is -2.38. The Hall–Kier alpha value is -0.220. The Bertz CT molecular complexity index is 240. The first-order valence-electron chi connectivity index (χ1n) is 6.20. The molecule has 0 bridgehead atoms. The molecule has 2 aliphatic rings. The number of likely N-dealkylation sites (N-methyl/N-ethyl adjacent to an activating group) is 1. The summed E-state index contributed by atoms with van der Waals surface area (Å²) in [5.74, 6) is 0. The van der Waals surface area contributed by atoms with Crippen molar-refractivity contribution in [3.05, 3.63) is 0 Å². The van der Waals surface area contributed by atoms with Crippen molar-refractivity contribution in [1.29, 1.82) is 0 Å². The summed E-state index contributed by atoms with van der Waals surface area (Å²) >= 11 is 1.85. The molecular formula is C12H25N3S. The molecule has 0 aromatic carbocycles. The number of fused-ring (bicyclic) bond motifs is 1. The van der Waals surface area contributed by atoms with Crippen LogP contribution in [0.25, 0.3) is 0 Å². The summed E-state index contributed by atoms with van der Waals surface area (Å²) in [5.41, 5.74) is 2.37. The molecule has 2 aliphatic heterocycles. The molecule has 0 aliphatic carbocycles. The van der Waals surface area contributed by atoms with E-state index in [9.17, 15) is 0 Å². The normalized spacial score (nSPS) is 28.8. The van der Waals surface area contributed by atoms with Crippen LogP contribution in [0.1, 0.15) is 34.1 Å². The van der Waals surface area contributed by atoms with Gasteiger partial charge >= 0.3 is 0 Å². The largest absolute Gasteiger partial charge is 0.303 e. The minimum atomic E-state index is 0.384. The van der Waals surface area contributed by atoms with Crippen molar-refractivity contribution >= 4 is 17.3 Å². The molecule has 0 spiro atoms. The number of nitrogens with zero attached hydrogens (tertiary/aromatic N) is 3. The molecule has 1 atom stereocenters. The Balaban J connectivity index is 0.000000606. The molecule has 0 saturated carbocycles. The molecule has 0 aromatic rings. The van der Waals surface area contributed by atoms with Gasteiger partial charge in [0.05, 0.1) is 5.55 Å². The molecular weight excluding hydrogens is 218 g/mol. The minimum Gasteiger partial charge on any atom is -0.303 e. The Morgan fingerprint density at radius 3 is 2.75 bits per heavy atom. The van der Waals surface area contributed by atoms with Gasteiger partial charge in [0, 0.05) is 13.1 Å². The maximum Gasteiger partial charge on any atom is 0.110 e. The number of hydrogen-bond acceptors (Lipinski definition) is 4. The van der Waals surface area contributed by atoms with Crippen LogP contribution >= 0.6 is 11.8 Å². The zero-order valence-corrected chi connectivity index (χ0v) is 12.0. The zero-order chi connectivity index (χ0) is 12.2. The fraction of sp³-hybridized carbons (Fsp3) is 0.917. The van der Waals surface area contributed by atoms with E-state index < -0.39 is 0 Å². The smallest absolute Gasteiger partial charge is 0.110 e. The van der Waals surface area contributed by atoms with E-state index in [1.165, 1.54) is 13.0 Å². The van der Waals surface area contributed by atoms with Crippen molar-refractivity contribution in [2.24, 2.45) is 10.5 Å². The molecule has 1 fully saturated rings. The summed E-state index contributed by atoms with van der Waals surface area (Å²) < 4.78 is 0. The summed E-state index contributed by atoms with van der Waals surface area (Å²) in [6.07, 6.45) is 1.26. The molecule has 0 amide bonds. The van der Waals surface area contributed by atoms with Gasteiger partial charge < -0.3 is 4.90 Å². The Kier molecular flexibility index (Phi) is 5.12. The van der Waals surface area contributed by atoms with Crippen molar-refractivity contribution in [3.8, 4) is 0 Å². The van der Waals surface area contributed by atoms with Gasteiger partial charge in [-0.05, 0) is 25.4 Å². The second-order valence-electron chi connectivity index (χ2n) is 5.09. The predicted octanol–water partition coefficient (Wildman–Crippen LogP) is 2.69. The molecule has 0 N–H and O–H groups in total. The van der Waals surface area contributed by atoms with Gasteiger partial charge in [0.15, 0.2) is 0 Å². The van der Waals surface area contributed by atoms with Crippen LogP contribution in [0.3, 0.4) is 0 Å². The highest BCUT2D eigenvalue weighted by Gasteiger charge is 2.31. The topological polar surface area (TPSA) is 18.8 Å². The Morgan fingerprint density at radius 1 is 1.38 bits per heavy atom. The van der Waals surface area contributed by atoms with E-state index in [2.05, 4.69) is 35.9 Å². The van der Waals surface area contributed by atoms with E-state index >= 15 is 0 Å². The fourth-order valence-electron chi connectivity index (χ4n) is 1.95. The van der Waals surface area contributed by atoms with Gasteiger partial charge in [-0.15, -0.1) is 0 Å². The maximum absolute atomic E-state index is 4.43. The molecule has 2 heterocycles. The molecule has 4 heteroatoms. The van der Waals surface area contributed by atoms with Crippen LogP contribution in [0.2, 0.25) is 0 Å². The Morgan fingerprint density at radius 2 is 2.06 bits per heavy atom. The van der Waals surface area contributed by atoms with Gasteiger partial charge in [-0.3, -0.25) is 5.01 Å². The minimum absolute atomic E-state index is 0.384. The van der Waals surface area contributed by atoms with Crippen LogP contribution in [0.5, 0.6) is 0 Å². The van der Waals surface area contributed by atoms with Crippen molar-refractivity contribution in [2.75, 3.05) is 26.7 Å². The van der Waals surface area contributed by atoms with Crippen LogP contribution in [-0.4, -0.2) is 47.5 Å². The second kappa shape index (κ2) is 5.92. The van der Waals surface area contributed by atoms with Crippen molar-refractivity contribution in [1.82, 2.24) is 9.91 Å². The first-order chi connectivity index (χ1) is 7.57. The molecule has 0 aromatic heterocycles. The lowest BCUT2D eigenvalue weighted by Crippen LogP contribution is -2.44. The molecule has 0 radical (unpaired) electrons. The van der Waals surface area contributed by atoms with Gasteiger partial charge in [0.2, 0.25) is 0 Å². The van der Waals surface area contributed by atoms with E-state index in [-0.39, 0.29) is 0 Å². The third-order valence-electron chi connectivity index (χ3n) is 2.97. The molecule has 94 valence electrons. The van der Waals surface area contributed by atoms with E-state index in [1.807, 2.05) is 31.2 Å². The molecule has 3 nitrogen and oxygen atoms in total. The van der Waals surface area contributed by atoms with Crippen LogP contribution < -0.4 is 0 Å². The summed E-state index contributed by atoms with van der Waals surface area (Å²) in [4.78, 5) is 2.42.